The number of halogens is 3. The highest BCUT2D eigenvalue weighted by atomic mass is 79.9. The fraction of sp³-hybridized carbons (Fsp3) is 0. The average molecular weight is 386 g/mol. The van der Waals surface area contributed by atoms with E-state index < -0.39 is 0 Å². The van der Waals surface area contributed by atoms with E-state index in [0.29, 0.717) is 27.3 Å². The van der Waals surface area contributed by atoms with Crippen molar-refractivity contribution in [2.75, 3.05) is 5.73 Å². The molecule has 2 N–H and O–H groups in total. The van der Waals surface area contributed by atoms with Crippen LogP contribution >= 0.6 is 31.9 Å². The normalized spacial score (nSPS) is 11.1. The standard InChI is InChI=1S/C12H7Br2FN4/c13-6-3-10-11(17-5-6)19(12(16)18-10)7-1-2-9(15)8(14)4-7/h1-5H,(H2,16,18). The average Bonchev–Trinajstić information content (AvgIpc) is 2.68. The summed E-state index contributed by atoms with van der Waals surface area (Å²) in [6.45, 7) is 0. The smallest absolute Gasteiger partial charge is 0.207 e. The number of pyridine rings is 1. The van der Waals surface area contributed by atoms with E-state index >= 15 is 0 Å². The maximum atomic E-state index is 13.3. The van der Waals surface area contributed by atoms with E-state index in [1.54, 1.807) is 22.9 Å². The van der Waals surface area contributed by atoms with Gasteiger partial charge >= 0.3 is 0 Å². The molecule has 0 spiro atoms. The van der Waals surface area contributed by atoms with Gasteiger partial charge in [0, 0.05) is 10.7 Å². The Kier molecular flexibility index (Phi) is 3.02. The summed E-state index contributed by atoms with van der Waals surface area (Å²) in [7, 11) is 0. The lowest BCUT2D eigenvalue weighted by Gasteiger charge is -2.06. The predicted molar refractivity (Wildman–Crippen MR) is 78.6 cm³/mol. The van der Waals surface area contributed by atoms with Crippen molar-refractivity contribution in [1.82, 2.24) is 14.5 Å². The van der Waals surface area contributed by atoms with Crippen molar-refractivity contribution in [2.24, 2.45) is 0 Å². The van der Waals surface area contributed by atoms with Gasteiger partial charge in [0.15, 0.2) is 5.65 Å². The predicted octanol–water partition coefficient (Wildman–Crippen LogP) is 3.67. The molecule has 0 amide bonds. The van der Waals surface area contributed by atoms with Crippen LogP contribution in [0.25, 0.3) is 16.9 Å². The zero-order chi connectivity index (χ0) is 13.6. The molecule has 0 aliphatic carbocycles. The third kappa shape index (κ3) is 2.12. The molecule has 4 nitrogen and oxygen atoms in total. The van der Waals surface area contributed by atoms with Crippen molar-refractivity contribution >= 4 is 49.0 Å². The summed E-state index contributed by atoms with van der Waals surface area (Å²) in [5.74, 6) is -0.0263. The molecule has 3 aromatic rings. The van der Waals surface area contributed by atoms with Crippen molar-refractivity contribution in [1.29, 1.82) is 0 Å². The number of rotatable bonds is 1. The Morgan fingerprint density at radius 2 is 2.00 bits per heavy atom. The Bertz CT molecular complexity index is 785. The fourth-order valence-electron chi connectivity index (χ4n) is 1.84. The number of aromatic nitrogens is 3. The number of hydrogen-bond donors (Lipinski definition) is 1. The van der Waals surface area contributed by atoms with Crippen LogP contribution < -0.4 is 5.73 Å². The Hall–Kier alpha value is -1.47. The minimum absolute atomic E-state index is 0.305. The number of hydrogen-bond acceptors (Lipinski definition) is 3. The van der Waals surface area contributed by atoms with E-state index in [9.17, 15) is 4.39 Å². The van der Waals surface area contributed by atoms with Crippen LogP contribution in [0, 0.1) is 5.82 Å². The second-order valence-electron chi connectivity index (χ2n) is 3.90. The van der Waals surface area contributed by atoms with Crippen molar-refractivity contribution in [3.63, 3.8) is 0 Å². The molecule has 0 fully saturated rings. The molecular formula is C12H7Br2FN4. The van der Waals surface area contributed by atoms with Gasteiger partial charge in [-0.1, -0.05) is 0 Å². The summed E-state index contributed by atoms with van der Waals surface area (Å²) in [5.41, 5.74) is 7.91. The summed E-state index contributed by atoms with van der Waals surface area (Å²) in [6.07, 6.45) is 1.67. The SMILES string of the molecule is Nc1nc2cc(Br)cnc2n1-c1ccc(F)c(Br)c1. The molecule has 0 bridgehead atoms. The highest BCUT2D eigenvalue weighted by Crippen LogP contribution is 2.26. The van der Waals surface area contributed by atoms with E-state index in [0.717, 1.165) is 4.47 Å². The summed E-state index contributed by atoms with van der Waals surface area (Å²) in [4.78, 5) is 8.54. The lowest BCUT2D eigenvalue weighted by atomic mass is 10.3. The lowest BCUT2D eigenvalue weighted by Crippen LogP contribution is -2.01. The van der Waals surface area contributed by atoms with Gasteiger partial charge in [-0.15, -0.1) is 0 Å². The molecule has 0 aliphatic rings. The van der Waals surface area contributed by atoms with Gasteiger partial charge in [0.2, 0.25) is 5.95 Å². The zero-order valence-electron chi connectivity index (χ0n) is 9.44. The summed E-state index contributed by atoms with van der Waals surface area (Å²) in [6, 6.07) is 6.45. The van der Waals surface area contributed by atoms with Gasteiger partial charge in [-0.3, -0.25) is 4.57 Å². The largest absolute Gasteiger partial charge is 0.369 e. The summed E-state index contributed by atoms with van der Waals surface area (Å²) < 4.78 is 16.1. The quantitative estimate of drug-likeness (QED) is 0.695. The summed E-state index contributed by atoms with van der Waals surface area (Å²) in [5, 5.41) is 0. The molecule has 0 saturated heterocycles. The second kappa shape index (κ2) is 4.57. The number of nitrogens with zero attached hydrogens (tertiary/aromatic N) is 3. The molecule has 7 heteroatoms. The van der Waals surface area contributed by atoms with Gasteiger partial charge in [0.1, 0.15) is 11.3 Å². The molecule has 0 saturated carbocycles. The van der Waals surface area contributed by atoms with Gasteiger partial charge in [-0.25, -0.2) is 14.4 Å². The monoisotopic (exact) mass is 384 g/mol. The van der Waals surface area contributed by atoms with Gasteiger partial charge in [0.25, 0.3) is 0 Å². The van der Waals surface area contributed by atoms with Crippen molar-refractivity contribution in [2.45, 2.75) is 0 Å². The molecule has 0 unspecified atom stereocenters. The highest BCUT2D eigenvalue weighted by molar-refractivity contribution is 9.10. The summed E-state index contributed by atoms with van der Waals surface area (Å²) >= 11 is 6.49. The Balaban J connectivity index is 2.29. The van der Waals surface area contributed by atoms with E-state index in [1.165, 1.54) is 6.07 Å². The zero-order valence-corrected chi connectivity index (χ0v) is 12.6. The first kappa shape index (κ1) is 12.6. The molecule has 2 aromatic heterocycles. The topological polar surface area (TPSA) is 56.7 Å². The van der Waals surface area contributed by atoms with Crippen molar-refractivity contribution in [3.05, 3.63) is 45.2 Å². The Morgan fingerprint density at radius 3 is 2.74 bits per heavy atom. The molecule has 1 aromatic carbocycles. The van der Waals surface area contributed by atoms with Crippen LogP contribution in [0.5, 0.6) is 0 Å². The number of nitrogens with two attached hydrogens (primary N) is 1. The maximum Gasteiger partial charge on any atom is 0.207 e. The van der Waals surface area contributed by atoms with Crippen LogP contribution in [-0.4, -0.2) is 14.5 Å². The van der Waals surface area contributed by atoms with Crippen molar-refractivity contribution in [3.8, 4) is 5.69 Å². The number of benzene rings is 1. The van der Waals surface area contributed by atoms with E-state index in [2.05, 4.69) is 41.8 Å². The van der Waals surface area contributed by atoms with Gasteiger partial charge in [-0.2, -0.15) is 0 Å². The third-order valence-electron chi connectivity index (χ3n) is 2.65. The van der Waals surface area contributed by atoms with Gasteiger partial charge in [0.05, 0.1) is 10.2 Å². The van der Waals surface area contributed by atoms with Gasteiger partial charge < -0.3 is 5.73 Å². The first-order chi connectivity index (χ1) is 9.06. The molecular weight excluding hydrogens is 379 g/mol. The first-order valence-corrected chi connectivity index (χ1v) is 6.90. The molecule has 0 radical (unpaired) electrons. The lowest BCUT2D eigenvalue weighted by molar-refractivity contribution is 0.620. The molecule has 19 heavy (non-hydrogen) atoms. The minimum Gasteiger partial charge on any atom is -0.369 e. The van der Waals surface area contributed by atoms with Crippen LogP contribution in [0.4, 0.5) is 10.3 Å². The van der Waals surface area contributed by atoms with Crippen LogP contribution in [-0.2, 0) is 0 Å². The first-order valence-electron chi connectivity index (χ1n) is 5.31. The minimum atomic E-state index is -0.331. The molecule has 0 atom stereocenters. The molecule has 96 valence electrons. The van der Waals surface area contributed by atoms with Crippen LogP contribution in [0.15, 0.2) is 39.4 Å². The second-order valence-corrected chi connectivity index (χ2v) is 5.67. The van der Waals surface area contributed by atoms with E-state index in [4.69, 9.17) is 5.73 Å². The third-order valence-corrected chi connectivity index (χ3v) is 3.69. The Morgan fingerprint density at radius 1 is 1.21 bits per heavy atom. The van der Waals surface area contributed by atoms with Crippen molar-refractivity contribution < 1.29 is 4.39 Å². The highest BCUT2D eigenvalue weighted by Gasteiger charge is 2.12. The van der Waals surface area contributed by atoms with Crippen LogP contribution in [0.2, 0.25) is 0 Å². The number of fused-ring (bicyclic) bond motifs is 1. The maximum absolute atomic E-state index is 13.3. The fourth-order valence-corrected chi connectivity index (χ4v) is 2.52. The number of nitrogen functional groups attached to an aromatic ring is 1. The molecule has 3 rings (SSSR count). The van der Waals surface area contributed by atoms with Gasteiger partial charge in [-0.05, 0) is 56.1 Å². The van der Waals surface area contributed by atoms with E-state index in [1.807, 2.05) is 6.07 Å². The number of anilines is 1. The Labute approximate surface area is 124 Å². The van der Waals surface area contributed by atoms with Crippen LogP contribution in [0.1, 0.15) is 0 Å². The van der Waals surface area contributed by atoms with E-state index in [-0.39, 0.29) is 5.82 Å². The molecule has 2 heterocycles. The van der Waals surface area contributed by atoms with Crippen LogP contribution in [0.3, 0.4) is 0 Å². The number of imidazole rings is 1. The molecule has 0 aliphatic heterocycles.